The Balaban J connectivity index is 1.45. The predicted molar refractivity (Wildman–Crippen MR) is 103 cm³/mol. The van der Waals surface area contributed by atoms with Crippen molar-refractivity contribution >= 4 is 29.7 Å². The summed E-state index contributed by atoms with van der Waals surface area (Å²) < 4.78 is 44.8. The van der Waals surface area contributed by atoms with Crippen molar-refractivity contribution in [1.82, 2.24) is 10.2 Å². The van der Waals surface area contributed by atoms with Crippen LogP contribution in [0.15, 0.2) is 12.1 Å². The van der Waals surface area contributed by atoms with Crippen LogP contribution in [0.25, 0.3) is 0 Å². The lowest BCUT2D eigenvalue weighted by Gasteiger charge is -2.23. The van der Waals surface area contributed by atoms with Gasteiger partial charge in [-0.1, -0.05) is 0 Å². The first-order valence-electron chi connectivity index (χ1n) is 9.84. The van der Waals surface area contributed by atoms with Crippen LogP contribution in [0, 0.1) is 11.6 Å². The molecule has 3 amide bonds. The van der Waals surface area contributed by atoms with Crippen LogP contribution in [0.2, 0.25) is 0 Å². The normalized spacial score (nSPS) is 24.9. The molecule has 0 unspecified atom stereocenters. The van der Waals surface area contributed by atoms with E-state index in [-0.39, 0.29) is 50.2 Å². The highest BCUT2D eigenvalue weighted by Crippen LogP contribution is 2.35. The minimum absolute atomic E-state index is 0.00493. The number of fused-ring (bicyclic) bond motifs is 1. The van der Waals surface area contributed by atoms with Crippen molar-refractivity contribution in [3.63, 3.8) is 0 Å². The predicted octanol–water partition coefficient (Wildman–Crippen LogP) is 1.68. The van der Waals surface area contributed by atoms with Crippen molar-refractivity contribution < 1.29 is 37.4 Å². The Bertz CT molecular complexity index is 892. The van der Waals surface area contributed by atoms with Crippen molar-refractivity contribution in [2.24, 2.45) is 0 Å². The van der Waals surface area contributed by atoms with Crippen LogP contribution in [0.4, 0.5) is 34.5 Å². The number of cyclic esters (lactones) is 1. The first kappa shape index (κ1) is 20.9. The van der Waals surface area contributed by atoms with Gasteiger partial charge in [-0.2, -0.15) is 0 Å². The number of halogens is 2. The molecule has 3 atom stereocenters. The summed E-state index contributed by atoms with van der Waals surface area (Å²) in [6, 6.07) is 1.84. The Hall–Kier alpha value is -3.31. The van der Waals surface area contributed by atoms with E-state index in [0.29, 0.717) is 0 Å². The van der Waals surface area contributed by atoms with Gasteiger partial charge in [-0.25, -0.2) is 23.2 Å². The third kappa shape index (κ3) is 3.89. The molecular weight excluding hydrogens is 418 g/mol. The first-order chi connectivity index (χ1) is 14.8. The number of rotatable bonds is 5. The lowest BCUT2D eigenvalue weighted by atomic mass is 10.2. The molecule has 3 saturated heterocycles. The number of ether oxygens (including phenoxy) is 3. The van der Waals surface area contributed by atoms with E-state index in [2.05, 4.69) is 5.32 Å². The van der Waals surface area contributed by atoms with E-state index in [1.807, 2.05) is 0 Å². The fourth-order valence-corrected chi connectivity index (χ4v) is 4.00. The number of nitrogens with zero attached hydrogens (tertiary/aromatic N) is 3. The highest BCUT2D eigenvalue weighted by atomic mass is 19.1. The van der Waals surface area contributed by atoms with Crippen molar-refractivity contribution in [2.45, 2.75) is 25.2 Å². The van der Waals surface area contributed by atoms with E-state index < -0.39 is 42.1 Å². The van der Waals surface area contributed by atoms with Crippen LogP contribution in [0.3, 0.4) is 0 Å². The maximum atomic E-state index is 14.9. The zero-order valence-electron chi connectivity index (χ0n) is 17.0. The van der Waals surface area contributed by atoms with Crippen LogP contribution >= 0.6 is 0 Å². The fraction of sp³-hybridized carbons (Fsp3) is 0.526. The average molecular weight is 440 g/mol. The molecule has 0 aliphatic carbocycles. The van der Waals surface area contributed by atoms with Crippen LogP contribution in [-0.2, 0) is 14.2 Å². The number of amides is 3. The van der Waals surface area contributed by atoms with Gasteiger partial charge in [0.25, 0.3) is 0 Å². The van der Waals surface area contributed by atoms with Crippen molar-refractivity contribution in [3.8, 4) is 0 Å². The molecule has 168 valence electrons. The highest BCUT2D eigenvalue weighted by molar-refractivity contribution is 5.90. The minimum Gasteiger partial charge on any atom is -0.450 e. The molecule has 0 spiro atoms. The largest absolute Gasteiger partial charge is 0.450 e. The van der Waals surface area contributed by atoms with Crippen molar-refractivity contribution in [2.75, 3.05) is 49.6 Å². The maximum Gasteiger partial charge on any atom is 0.414 e. The standard InChI is InChI=1S/C19H22F2N4O6/c1-3-29-17(26)22-6-11-7-25(19(28)30-11)10-4-12(20)16(13(21)5-10)24-8-14-15(9-24)31-18(27)23(14)2/h4-5,11,14-15H,3,6-9H2,1-2H3,(H,22,26)/t11-,14+,15-/m0/s1. The zero-order chi connectivity index (χ0) is 22.3. The second-order valence-corrected chi connectivity index (χ2v) is 7.48. The van der Waals surface area contributed by atoms with Gasteiger partial charge in [0, 0.05) is 25.7 Å². The minimum atomic E-state index is -0.843. The molecule has 4 rings (SSSR count). The van der Waals surface area contributed by atoms with E-state index in [9.17, 15) is 23.2 Å². The molecule has 12 heteroatoms. The Morgan fingerprint density at radius 2 is 1.87 bits per heavy atom. The molecule has 0 aromatic heterocycles. The Kier molecular flexibility index (Phi) is 5.46. The maximum absolute atomic E-state index is 14.9. The molecule has 3 aliphatic rings. The summed E-state index contributed by atoms with van der Waals surface area (Å²) in [4.78, 5) is 39.1. The van der Waals surface area contributed by atoms with Gasteiger partial charge in [-0.05, 0) is 6.92 Å². The fourth-order valence-electron chi connectivity index (χ4n) is 4.00. The van der Waals surface area contributed by atoms with Crippen LogP contribution < -0.4 is 15.1 Å². The second-order valence-electron chi connectivity index (χ2n) is 7.48. The third-order valence-electron chi connectivity index (χ3n) is 5.53. The molecule has 3 heterocycles. The number of carbonyl (C=O) groups excluding carboxylic acids is 3. The van der Waals surface area contributed by atoms with Crippen molar-refractivity contribution in [3.05, 3.63) is 23.8 Å². The topological polar surface area (TPSA) is 101 Å². The van der Waals surface area contributed by atoms with E-state index in [4.69, 9.17) is 14.2 Å². The molecule has 1 aromatic carbocycles. The summed E-state index contributed by atoms with van der Waals surface area (Å²) in [6.45, 7) is 2.27. The van der Waals surface area contributed by atoms with Gasteiger partial charge in [0.2, 0.25) is 0 Å². The summed E-state index contributed by atoms with van der Waals surface area (Å²) in [5.74, 6) is -1.69. The van der Waals surface area contributed by atoms with Gasteiger partial charge < -0.3 is 29.3 Å². The molecular formula is C19H22F2N4O6. The van der Waals surface area contributed by atoms with E-state index in [1.165, 1.54) is 9.80 Å². The number of hydrogen-bond acceptors (Lipinski definition) is 7. The van der Waals surface area contributed by atoms with Crippen LogP contribution in [0.5, 0.6) is 0 Å². The van der Waals surface area contributed by atoms with Gasteiger partial charge in [-0.15, -0.1) is 0 Å². The molecule has 0 radical (unpaired) electrons. The number of likely N-dealkylation sites (N-methyl/N-ethyl adjacent to an activating group) is 1. The monoisotopic (exact) mass is 440 g/mol. The summed E-state index contributed by atoms with van der Waals surface area (Å²) in [5.41, 5.74) is -0.235. The van der Waals surface area contributed by atoms with Gasteiger partial charge in [0.15, 0.2) is 11.6 Å². The van der Waals surface area contributed by atoms with Gasteiger partial charge in [-0.3, -0.25) is 4.90 Å². The lowest BCUT2D eigenvalue weighted by molar-refractivity contribution is 0.127. The number of alkyl carbamates (subject to hydrolysis) is 1. The molecule has 3 aliphatic heterocycles. The Morgan fingerprint density at radius 1 is 1.16 bits per heavy atom. The molecule has 10 nitrogen and oxygen atoms in total. The van der Waals surface area contributed by atoms with E-state index in [1.54, 1.807) is 14.0 Å². The van der Waals surface area contributed by atoms with Crippen LogP contribution in [0.1, 0.15) is 6.92 Å². The zero-order valence-corrected chi connectivity index (χ0v) is 17.0. The summed E-state index contributed by atoms with van der Waals surface area (Å²) in [5, 5.41) is 2.45. The van der Waals surface area contributed by atoms with Gasteiger partial charge in [0.05, 0.1) is 38.0 Å². The first-order valence-corrected chi connectivity index (χ1v) is 9.84. The van der Waals surface area contributed by atoms with Crippen LogP contribution in [-0.4, -0.2) is 81.3 Å². The summed E-state index contributed by atoms with van der Waals surface area (Å²) in [7, 11) is 1.58. The number of hydrogen-bond donors (Lipinski definition) is 1. The number of nitrogens with one attached hydrogen (secondary N) is 1. The third-order valence-corrected chi connectivity index (χ3v) is 5.53. The lowest BCUT2D eigenvalue weighted by Crippen LogP contribution is -2.35. The summed E-state index contributed by atoms with van der Waals surface area (Å²) >= 11 is 0. The SMILES string of the molecule is CCOC(=O)NC[C@H]1CN(c2cc(F)c(N3C[C@@H]4OC(=O)N(C)[C@@H]4C3)c(F)c2)C(=O)O1. The van der Waals surface area contributed by atoms with Gasteiger partial charge in [0.1, 0.15) is 17.9 Å². The molecule has 0 saturated carbocycles. The molecule has 1 aromatic rings. The quantitative estimate of drug-likeness (QED) is 0.696. The smallest absolute Gasteiger partial charge is 0.414 e. The Labute approximate surface area is 176 Å². The number of benzene rings is 1. The molecule has 3 fully saturated rings. The number of anilines is 2. The Morgan fingerprint density at radius 3 is 2.52 bits per heavy atom. The molecule has 0 bridgehead atoms. The molecule has 1 N–H and O–H groups in total. The van der Waals surface area contributed by atoms with E-state index >= 15 is 0 Å². The average Bonchev–Trinajstić information content (AvgIpc) is 3.35. The second kappa shape index (κ2) is 8.08. The summed E-state index contributed by atoms with van der Waals surface area (Å²) in [6.07, 6.45) is -3.02. The molecule has 31 heavy (non-hydrogen) atoms. The number of carbonyl (C=O) groups is 3. The van der Waals surface area contributed by atoms with E-state index in [0.717, 1.165) is 17.0 Å². The highest BCUT2D eigenvalue weighted by Gasteiger charge is 2.47. The van der Waals surface area contributed by atoms with Gasteiger partial charge >= 0.3 is 18.3 Å². The van der Waals surface area contributed by atoms with Crippen molar-refractivity contribution in [1.29, 1.82) is 0 Å².